The van der Waals surface area contributed by atoms with Gasteiger partial charge in [-0.2, -0.15) is 0 Å². The molecule has 0 aliphatic carbocycles. The summed E-state index contributed by atoms with van der Waals surface area (Å²) in [7, 11) is 5.86. The highest BCUT2D eigenvalue weighted by Gasteiger charge is 2.15. The Morgan fingerprint density at radius 2 is 1.95 bits per heavy atom. The van der Waals surface area contributed by atoms with Crippen LogP contribution in [0.3, 0.4) is 0 Å². The fourth-order valence-electron chi connectivity index (χ4n) is 2.44. The lowest BCUT2D eigenvalue weighted by Crippen LogP contribution is -2.25. The molecule has 0 saturated heterocycles. The van der Waals surface area contributed by atoms with E-state index in [1.54, 1.807) is 0 Å². The molecule has 0 bridgehead atoms. The lowest BCUT2D eigenvalue weighted by atomic mass is 9.94. The molecular weight excluding hydrogens is 233 g/mol. The van der Waals surface area contributed by atoms with E-state index in [1.165, 1.54) is 11.1 Å². The molecule has 1 heterocycles. The van der Waals surface area contributed by atoms with Crippen molar-refractivity contribution in [3.63, 3.8) is 0 Å². The topological polar surface area (TPSA) is 12.5 Å². The van der Waals surface area contributed by atoms with Crippen LogP contribution in [0.5, 0.6) is 5.75 Å². The quantitative estimate of drug-likeness (QED) is 0.753. The lowest BCUT2D eigenvalue weighted by molar-refractivity contribution is 0.219. The molecule has 1 aliphatic rings. The Hall–Kier alpha value is -1.74. The fraction of sp³-hybridized carbons (Fsp3) is 0.250. The molecule has 0 spiro atoms. The number of rotatable bonds is 2. The van der Waals surface area contributed by atoms with Crippen LogP contribution in [-0.2, 0) is 13.1 Å². The minimum atomic E-state index is 0.726. The molecule has 94 valence electrons. The highest BCUT2D eigenvalue weighted by Crippen LogP contribution is 2.22. The maximum atomic E-state index is 5.86. The first kappa shape index (κ1) is 12.3. The number of ether oxygens (including phenoxy) is 1. The van der Waals surface area contributed by atoms with Crippen LogP contribution < -0.4 is 10.2 Å². The molecule has 1 aliphatic heterocycles. The van der Waals surface area contributed by atoms with Gasteiger partial charge in [-0.3, -0.25) is 4.90 Å². The van der Waals surface area contributed by atoms with Crippen molar-refractivity contribution in [1.29, 1.82) is 0 Å². The van der Waals surface area contributed by atoms with Gasteiger partial charge >= 0.3 is 0 Å². The minimum Gasteiger partial charge on any atom is -0.492 e. The molecule has 19 heavy (non-hydrogen) atoms. The zero-order valence-corrected chi connectivity index (χ0v) is 10.9. The number of hydrogen-bond donors (Lipinski definition) is 0. The van der Waals surface area contributed by atoms with Crippen LogP contribution in [0.1, 0.15) is 11.1 Å². The van der Waals surface area contributed by atoms with Crippen molar-refractivity contribution in [2.45, 2.75) is 13.1 Å². The Morgan fingerprint density at radius 1 is 1.11 bits per heavy atom. The van der Waals surface area contributed by atoms with Gasteiger partial charge in [-0.05, 0) is 11.6 Å². The molecule has 2 aromatic carbocycles. The average molecular weight is 249 g/mol. The molecule has 0 N–H and O–H groups in total. The molecule has 0 fully saturated rings. The Morgan fingerprint density at radius 3 is 2.79 bits per heavy atom. The van der Waals surface area contributed by atoms with Gasteiger partial charge in [-0.25, -0.2) is 0 Å². The predicted molar refractivity (Wildman–Crippen MR) is 77.9 cm³/mol. The van der Waals surface area contributed by atoms with Crippen molar-refractivity contribution < 1.29 is 4.74 Å². The second-order valence-corrected chi connectivity index (χ2v) is 4.91. The maximum absolute atomic E-state index is 5.86. The van der Waals surface area contributed by atoms with Crippen molar-refractivity contribution in [3.8, 4) is 5.75 Å². The van der Waals surface area contributed by atoms with Gasteiger partial charge in [0.25, 0.3) is 0 Å². The first-order valence-electron chi connectivity index (χ1n) is 6.59. The number of benzene rings is 2. The minimum absolute atomic E-state index is 0.726. The molecule has 2 aromatic rings. The zero-order chi connectivity index (χ0) is 13.1. The number of fused-ring (bicyclic) bond motifs is 1. The van der Waals surface area contributed by atoms with Crippen molar-refractivity contribution in [2.24, 2.45) is 0 Å². The van der Waals surface area contributed by atoms with Crippen molar-refractivity contribution >= 4 is 13.3 Å². The molecule has 2 radical (unpaired) electrons. The fourth-order valence-corrected chi connectivity index (χ4v) is 2.44. The summed E-state index contributed by atoms with van der Waals surface area (Å²) in [4.78, 5) is 2.39. The largest absolute Gasteiger partial charge is 0.492 e. The summed E-state index contributed by atoms with van der Waals surface area (Å²) in [6.45, 7) is 3.49. The van der Waals surface area contributed by atoms with E-state index in [1.807, 2.05) is 24.3 Å². The summed E-state index contributed by atoms with van der Waals surface area (Å²) in [6, 6.07) is 16.4. The Labute approximate surface area is 115 Å². The van der Waals surface area contributed by atoms with Crippen LogP contribution >= 0.6 is 0 Å². The second kappa shape index (κ2) is 5.49. The molecule has 0 atom stereocenters. The predicted octanol–water partition coefficient (Wildman–Crippen LogP) is 1.88. The third-order valence-corrected chi connectivity index (χ3v) is 3.39. The first-order valence-corrected chi connectivity index (χ1v) is 6.59. The standard InChI is InChI=1S/C16H16BNO/c17-15-6-7-16-14(10-15)12-18(8-9-19-16)11-13-4-2-1-3-5-13/h1-7,10H,8-9,11-12H2. The Balaban J connectivity index is 1.78. The number of hydrogen-bond acceptors (Lipinski definition) is 2. The van der Waals surface area contributed by atoms with E-state index < -0.39 is 0 Å². The van der Waals surface area contributed by atoms with E-state index in [0.717, 1.165) is 37.5 Å². The van der Waals surface area contributed by atoms with E-state index >= 15 is 0 Å². The van der Waals surface area contributed by atoms with Gasteiger partial charge in [0, 0.05) is 25.2 Å². The third-order valence-electron chi connectivity index (χ3n) is 3.39. The van der Waals surface area contributed by atoms with Crippen LogP contribution in [0.2, 0.25) is 0 Å². The van der Waals surface area contributed by atoms with Gasteiger partial charge < -0.3 is 4.74 Å². The van der Waals surface area contributed by atoms with E-state index in [2.05, 4.69) is 29.2 Å². The van der Waals surface area contributed by atoms with Crippen molar-refractivity contribution in [1.82, 2.24) is 4.90 Å². The maximum Gasteiger partial charge on any atom is 0.123 e. The zero-order valence-electron chi connectivity index (χ0n) is 10.9. The Kier molecular flexibility index (Phi) is 3.56. The van der Waals surface area contributed by atoms with Crippen molar-refractivity contribution in [3.05, 3.63) is 59.7 Å². The summed E-state index contributed by atoms with van der Waals surface area (Å²) in [6.07, 6.45) is 0. The highest BCUT2D eigenvalue weighted by molar-refractivity contribution is 6.32. The van der Waals surface area contributed by atoms with Crippen molar-refractivity contribution in [2.75, 3.05) is 13.2 Å². The summed E-state index contributed by atoms with van der Waals surface area (Å²) in [5.74, 6) is 0.963. The molecule has 0 saturated carbocycles. The normalized spacial score (nSPS) is 15.4. The van der Waals surface area contributed by atoms with Crippen LogP contribution in [0.15, 0.2) is 48.5 Å². The lowest BCUT2D eigenvalue weighted by Gasteiger charge is -2.19. The van der Waals surface area contributed by atoms with E-state index in [0.29, 0.717) is 0 Å². The van der Waals surface area contributed by atoms with E-state index in [9.17, 15) is 0 Å². The second-order valence-electron chi connectivity index (χ2n) is 4.91. The van der Waals surface area contributed by atoms with Gasteiger partial charge in [0.1, 0.15) is 20.2 Å². The summed E-state index contributed by atoms with van der Waals surface area (Å²) < 4.78 is 5.77. The molecule has 0 amide bonds. The third kappa shape index (κ3) is 2.99. The van der Waals surface area contributed by atoms with Crippen LogP contribution in [-0.4, -0.2) is 25.9 Å². The smallest absolute Gasteiger partial charge is 0.123 e. The first-order chi connectivity index (χ1) is 9.31. The summed E-state index contributed by atoms with van der Waals surface area (Å²) in [5.41, 5.74) is 3.30. The van der Waals surface area contributed by atoms with Gasteiger partial charge in [0.05, 0.1) is 0 Å². The summed E-state index contributed by atoms with van der Waals surface area (Å²) >= 11 is 0. The van der Waals surface area contributed by atoms with E-state index in [-0.39, 0.29) is 0 Å². The van der Waals surface area contributed by atoms with E-state index in [4.69, 9.17) is 12.6 Å². The SMILES string of the molecule is [B]c1ccc2c(c1)CN(Cc1ccccc1)CCO2. The Bertz CT molecular complexity index is 556. The van der Waals surface area contributed by atoms with Crippen LogP contribution in [0.4, 0.5) is 0 Å². The van der Waals surface area contributed by atoms with Gasteiger partial charge in [0.15, 0.2) is 0 Å². The molecular formula is C16H16BNO. The molecule has 0 aromatic heterocycles. The van der Waals surface area contributed by atoms with Gasteiger partial charge in [-0.1, -0.05) is 47.9 Å². The van der Waals surface area contributed by atoms with Crippen LogP contribution in [0, 0.1) is 0 Å². The number of nitrogens with zero attached hydrogens (tertiary/aromatic N) is 1. The van der Waals surface area contributed by atoms with Crippen LogP contribution in [0.25, 0.3) is 0 Å². The molecule has 2 nitrogen and oxygen atoms in total. The summed E-state index contributed by atoms with van der Waals surface area (Å²) in [5, 5.41) is 0. The molecule has 3 heteroatoms. The monoisotopic (exact) mass is 249 g/mol. The molecule has 3 rings (SSSR count). The molecule has 0 unspecified atom stereocenters. The average Bonchev–Trinajstić information content (AvgIpc) is 2.61. The van der Waals surface area contributed by atoms with Gasteiger partial charge in [0.2, 0.25) is 0 Å². The highest BCUT2D eigenvalue weighted by atomic mass is 16.5. The van der Waals surface area contributed by atoms with Gasteiger partial charge in [-0.15, -0.1) is 0 Å².